The highest BCUT2D eigenvalue weighted by Crippen LogP contribution is 2.36. The molecule has 3 aromatic carbocycles. The summed E-state index contributed by atoms with van der Waals surface area (Å²) in [6, 6.07) is 17.2. The Labute approximate surface area is 211 Å². The summed E-state index contributed by atoms with van der Waals surface area (Å²) in [4.78, 5) is 51.9. The number of carboxylic acid groups (broad SMARTS) is 1. The Kier molecular flexibility index (Phi) is 6.31. The van der Waals surface area contributed by atoms with E-state index >= 15 is 0 Å². The number of anilines is 2. The lowest BCUT2D eigenvalue weighted by molar-refractivity contribution is -0.384. The van der Waals surface area contributed by atoms with Crippen LogP contribution in [0.1, 0.15) is 44.7 Å². The monoisotopic (exact) mass is 500 g/mol. The average molecular weight is 500 g/mol. The number of para-hydroxylation sites is 1. The molecule has 0 aromatic heterocycles. The van der Waals surface area contributed by atoms with Gasteiger partial charge < -0.3 is 19.5 Å². The molecule has 0 spiro atoms. The zero-order chi connectivity index (χ0) is 26.1. The topological polar surface area (TPSA) is 133 Å². The minimum Gasteiger partial charge on any atom is -0.545 e. The van der Waals surface area contributed by atoms with Gasteiger partial charge in [0.2, 0.25) is 0 Å². The molecule has 1 amide bonds. The van der Waals surface area contributed by atoms with Crippen molar-refractivity contribution >= 4 is 34.9 Å². The van der Waals surface area contributed by atoms with Crippen molar-refractivity contribution in [3.63, 3.8) is 0 Å². The van der Waals surface area contributed by atoms with E-state index < -0.39 is 22.8 Å². The molecule has 10 nitrogen and oxygen atoms in total. The highest BCUT2D eigenvalue weighted by Gasteiger charge is 2.35. The van der Waals surface area contributed by atoms with E-state index in [1.54, 1.807) is 4.90 Å². The van der Waals surface area contributed by atoms with E-state index in [1.807, 2.05) is 29.2 Å². The van der Waals surface area contributed by atoms with E-state index in [-0.39, 0.29) is 35.0 Å². The Hall–Kier alpha value is -4.73. The standard InChI is InChI=1S/C27H23N3O7/c31-25(20-6-2-3-7-21(20)26(32)33)17-9-10-23(24(15-17)30(35)36)28-13-11-19(12-14-28)29-22-8-4-1-5-18(22)16-37-27(29)34/h1-10,15,19H,11-14,16H2,(H,32,33)/p-1. The maximum Gasteiger partial charge on any atom is 0.414 e. The lowest BCUT2D eigenvalue weighted by atomic mass is 9.96. The summed E-state index contributed by atoms with van der Waals surface area (Å²) in [6.45, 7) is 1.14. The molecule has 2 aliphatic heterocycles. The Balaban J connectivity index is 1.37. The van der Waals surface area contributed by atoms with Crippen LogP contribution in [-0.4, -0.2) is 41.9 Å². The van der Waals surface area contributed by atoms with Crippen molar-refractivity contribution in [3.8, 4) is 0 Å². The number of nitro groups is 1. The molecule has 0 N–H and O–H groups in total. The number of carbonyl (C=O) groups excluding carboxylic acids is 3. The molecule has 37 heavy (non-hydrogen) atoms. The van der Waals surface area contributed by atoms with Crippen LogP contribution >= 0.6 is 0 Å². The zero-order valence-electron chi connectivity index (χ0n) is 19.7. The number of carboxylic acids is 1. The molecule has 0 atom stereocenters. The number of fused-ring (bicyclic) bond motifs is 1. The van der Waals surface area contributed by atoms with E-state index in [4.69, 9.17) is 4.74 Å². The first-order valence-electron chi connectivity index (χ1n) is 11.8. The molecule has 3 aromatic rings. The molecule has 1 saturated heterocycles. The van der Waals surface area contributed by atoms with Gasteiger partial charge in [-0.15, -0.1) is 0 Å². The van der Waals surface area contributed by atoms with Crippen LogP contribution in [0.25, 0.3) is 0 Å². The van der Waals surface area contributed by atoms with Crippen LogP contribution in [0.4, 0.5) is 21.9 Å². The molecule has 2 heterocycles. The molecule has 0 radical (unpaired) electrons. The Morgan fingerprint density at radius 3 is 2.30 bits per heavy atom. The highest BCUT2D eigenvalue weighted by atomic mass is 16.6. The Bertz CT molecular complexity index is 1410. The predicted molar refractivity (Wildman–Crippen MR) is 132 cm³/mol. The second kappa shape index (κ2) is 9.73. The van der Waals surface area contributed by atoms with E-state index in [2.05, 4.69) is 0 Å². The van der Waals surface area contributed by atoms with E-state index in [0.717, 1.165) is 11.3 Å². The summed E-state index contributed by atoms with van der Waals surface area (Å²) in [5.41, 5.74) is 1.49. The van der Waals surface area contributed by atoms with Crippen LogP contribution in [0, 0.1) is 10.1 Å². The molecule has 0 bridgehead atoms. The lowest BCUT2D eigenvalue weighted by Crippen LogP contribution is -2.49. The number of benzene rings is 3. The number of nitro benzene ring substituents is 1. The first-order valence-corrected chi connectivity index (χ1v) is 11.8. The van der Waals surface area contributed by atoms with Crippen molar-refractivity contribution in [2.24, 2.45) is 0 Å². The number of carbonyl (C=O) groups is 3. The normalized spacial score (nSPS) is 15.6. The number of ether oxygens (including phenoxy) is 1. The van der Waals surface area contributed by atoms with Gasteiger partial charge in [0.15, 0.2) is 5.78 Å². The van der Waals surface area contributed by atoms with Crippen molar-refractivity contribution in [1.82, 2.24) is 0 Å². The van der Waals surface area contributed by atoms with Gasteiger partial charge in [0.05, 0.1) is 16.6 Å². The van der Waals surface area contributed by atoms with Gasteiger partial charge >= 0.3 is 6.09 Å². The summed E-state index contributed by atoms with van der Waals surface area (Å²) in [6.07, 6.45) is 0.739. The highest BCUT2D eigenvalue weighted by molar-refractivity contribution is 6.14. The van der Waals surface area contributed by atoms with Gasteiger partial charge in [-0.1, -0.05) is 42.5 Å². The molecule has 0 unspecified atom stereocenters. The average Bonchev–Trinajstić information content (AvgIpc) is 2.92. The fourth-order valence-electron chi connectivity index (χ4n) is 4.98. The predicted octanol–water partition coefficient (Wildman–Crippen LogP) is 3.31. The fourth-order valence-corrected chi connectivity index (χ4v) is 4.98. The number of nitrogens with zero attached hydrogens (tertiary/aromatic N) is 3. The minimum atomic E-state index is -1.50. The second-order valence-electron chi connectivity index (χ2n) is 8.89. The summed E-state index contributed by atoms with van der Waals surface area (Å²) in [7, 11) is 0. The molecule has 5 rings (SSSR count). The molecule has 0 saturated carbocycles. The smallest absolute Gasteiger partial charge is 0.414 e. The number of hydrogen-bond acceptors (Lipinski definition) is 8. The molecule has 10 heteroatoms. The van der Waals surface area contributed by atoms with Crippen LogP contribution in [0.3, 0.4) is 0 Å². The molecule has 0 aliphatic carbocycles. The van der Waals surface area contributed by atoms with Gasteiger partial charge in [-0.2, -0.15) is 0 Å². The minimum absolute atomic E-state index is 0.00621. The largest absolute Gasteiger partial charge is 0.545 e. The van der Waals surface area contributed by atoms with Gasteiger partial charge in [-0.05, 0) is 31.0 Å². The van der Waals surface area contributed by atoms with Crippen molar-refractivity contribution in [2.75, 3.05) is 22.9 Å². The summed E-state index contributed by atoms with van der Waals surface area (Å²) in [5.74, 6) is -2.14. The van der Waals surface area contributed by atoms with Gasteiger partial charge in [-0.3, -0.25) is 19.8 Å². The summed E-state index contributed by atoms with van der Waals surface area (Å²) >= 11 is 0. The summed E-state index contributed by atoms with van der Waals surface area (Å²) in [5, 5.41) is 23.3. The Morgan fingerprint density at radius 1 is 0.919 bits per heavy atom. The Morgan fingerprint density at radius 2 is 1.59 bits per heavy atom. The molecular weight excluding hydrogens is 478 g/mol. The van der Waals surface area contributed by atoms with Gasteiger partial charge in [0, 0.05) is 47.5 Å². The third-order valence-electron chi connectivity index (χ3n) is 6.80. The summed E-state index contributed by atoms with van der Waals surface area (Å²) < 4.78 is 5.34. The first kappa shape index (κ1) is 24.0. The SMILES string of the molecule is O=C([O-])c1ccccc1C(=O)c1ccc(N2CCC(N3C(=O)OCc4ccccc43)CC2)c([N+](=O)[O-])c1. The third-order valence-corrected chi connectivity index (χ3v) is 6.80. The number of piperidine rings is 1. The maximum absolute atomic E-state index is 13.0. The molecule has 188 valence electrons. The molecule has 2 aliphatic rings. The molecule has 1 fully saturated rings. The van der Waals surface area contributed by atoms with Crippen LogP contribution < -0.4 is 14.9 Å². The number of ketones is 1. The van der Waals surface area contributed by atoms with E-state index in [1.165, 1.54) is 42.5 Å². The van der Waals surface area contributed by atoms with Gasteiger partial charge in [0.1, 0.15) is 12.3 Å². The third kappa shape index (κ3) is 4.49. The number of hydrogen-bond donors (Lipinski definition) is 0. The van der Waals surface area contributed by atoms with Crippen molar-refractivity contribution < 1.29 is 29.2 Å². The number of amides is 1. The number of cyclic esters (lactones) is 1. The number of rotatable bonds is 6. The quantitative estimate of drug-likeness (QED) is 0.286. The zero-order valence-corrected chi connectivity index (χ0v) is 19.7. The van der Waals surface area contributed by atoms with Crippen molar-refractivity contribution in [2.45, 2.75) is 25.5 Å². The van der Waals surface area contributed by atoms with Gasteiger partial charge in [0.25, 0.3) is 5.69 Å². The van der Waals surface area contributed by atoms with E-state index in [0.29, 0.717) is 31.6 Å². The van der Waals surface area contributed by atoms with Crippen LogP contribution in [-0.2, 0) is 11.3 Å². The fraction of sp³-hybridized carbons (Fsp3) is 0.222. The van der Waals surface area contributed by atoms with Gasteiger partial charge in [-0.25, -0.2) is 4.79 Å². The van der Waals surface area contributed by atoms with Crippen molar-refractivity contribution in [1.29, 1.82) is 0 Å². The number of aromatic carboxylic acids is 1. The van der Waals surface area contributed by atoms with Crippen molar-refractivity contribution in [3.05, 3.63) is 99.1 Å². The molecular formula is C27H22N3O7-. The van der Waals surface area contributed by atoms with Crippen LogP contribution in [0.2, 0.25) is 0 Å². The van der Waals surface area contributed by atoms with Crippen LogP contribution in [0.5, 0.6) is 0 Å². The van der Waals surface area contributed by atoms with Crippen LogP contribution in [0.15, 0.2) is 66.7 Å². The van der Waals surface area contributed by atoms with E-state index in [9.17, 15) is 29.6 Å². The first-order chi connectivity index (χ1) is 17.8. The second-order valence-corrected chi connectivity index (χ2v) is 8.89. The lowest BCUT2D eigenvalue weighted by Gasteiger charge is -2.40. The maximum atomic E-state index is 13.0.